The summed E-state index contributed by atoms with van der Waals surface area (Å²) in [6.07, 6.45) is 7.48. The van der Waals surface area contributed by atoms with E-state index in [0.29, 0.717) is 6.04 Å². The molecule has 2 aromatic heterocycles. The molecule has 4 heteroatoms. The Morgan fingerprint density at radius 3 is 3.31 bits per heavy atom. The molecule has 0 aliphatic carbocycles. The first-order valence-electron chi connectivity index (χ1n) is 4.27. The molecule has 0 radical (unpaired) electrons. The summed E-state index contributed by atoms with van der Waals surface area (Å²) in [5.74, 6) is 0. The van der Waals surface area contributed by atoms with Gasteiger partial charge in [-0.05, 0) is 11.7 Å². The molecular weight excluding hydrogens is 164 g/mol. The zero-order chi connectivity index (χ0) is 8.84. The lowest BCUT2D eigenvalue weighted by Gasteiger charge is -1.95. The predicted octanol–water partition coefficient (Wildman–Crippen LogP) is 0.477. The van der Waals surface area contributed by atoms with E-state index in [2.05, 4.69) is 17.0 Å². The maximum absolute atomic E-state index is 4.24. The van der Waals surface area contributed by atoms with Crippen molar-refractivity contribution >= 4 is 0 Å². The lowest BCUT2D eigenvalue weighted by Crippen LogP contribution is -2.36. The average molecular weight is 173 g/mol. The molecule has 1 aliphatic rings. The topological polar surface area (TPSA) is 34.6 Å². The molecule has 2 aromatic rings. The van der Waals surface area contributed by atoms with Gasteiger partial charge in [0.25, 0.3) is 0 Å². The summed E-state index contributed by atoms with van der Waals surface area (Å²) in [4.78, 5) is 6.07. The Kier molecular flexibility index (Phi) is 1.12. The normalized spacial score (nSPS) is 18.4. The SMILES string of the molecule is CC1c2cnccc2-[n+]2ccnn21. The molecule has 1 aliphatic heterocycles. The second-order valence-electron chi connectivity index (χ2n) is 3.19. The molecule has 0 N–H and O–H groups in total. The highest BCUT2D eigenvalue weighted by Crippen LogP contribution is 2.23. The maximum Gasteiger partial charge on any atom is 0.206 e. The minimum absolute atomic E-state index is 0.290. The third kappa shape index (κ3) is 0.722. The smallest absolute Gasteiger partial charge is 0.206 e. The fourth-order valence-electron chi connectivity index (χ4n) is 1.82. The fraction of sp³-hybridized carbons (Fsp3) is 0.222. The minimum atomic E-state index is 0.290. The first-order chi connectivity index (χ1) is 6.38. The Balaban J connectivity index is 2.37. The molecule has 1 atom stereocenters. The number of hydrogen-bond donors (Lipinski definition) is 0. The summed E-state index contributed by atoms with van der Waals surface area (Å²) in [5.41, 5.74) is 2.41. The van der Waals surface area contributed by atoms with E-state index in [1.54, 1.807) is 12.4 Å². The Labute approximate surface area is 75.4 Å². The van der Waals surface area contributed by atoms with Gasteiger partial charge in [-0.2, -0.15) is 0 Å². The summed E-state index contributed by atoms with van der Waals surface area (Å²) in [5, 5.41) is 4.24. The summed E-state index contributed by atoms with van der Waals surface area (Å²) >= 11 is 0. The Morgan fingerprint density at radius 1 is 1.46 bits per heavy atom. The van der Waals surface area contributed by atoms with Gasteiger partial charge < -0.3 is 0 Å². The molecule has 0 amide bonds. The molecule has 0 fully saturated rings. The molecule has 0 saturated heterocycles. The standard InChI is InChI=1S/C9H9N4/c1-7-8-6-10-3-2-9(8)12-5-4-11-13(7)12/h2-7H,1H3/q+1. The monoisotopic (exact) mass is 173 g/mol. The number of nitrogens with zero attached hydrogens (tertiary/aromatic N) is 4. The molecule has 1 unspecified atom stereocenters. The zero-order valence-electron chi connectivity index (χ0n) is 7.25. The van der Waals surface area contributed by atoms with Crippen LogP contribution in [0.5, 0.6) is 0 Å². The Hall–Kier alpha value is -1.71. The summed E-state index contributed by atoms with van der Waals surface area (Å²) in [7, 11) is 0. The largest absolute Gasteiger partial charge is 0.264 e. The van der Waals surface area contributed by atoms with E-state index in [9.17, 15) is 0 Å². The van der Waals surface area contributed by atoms with Crippen LogP contribution in [0.2, 0.25) is 0 Å². The van der Waals surface area contributed by atoms with Crippen LogP contribution in [0.25, 0.3) is 5.69 Å². The van der Waals surface area contributed by atoms with Crippen molar-refractivity contribution in [3.8, 4) is 5.69 Å². The van der Waals surface area contributed by atoms with Crippen molar-refractivity contribution < 1.29 is 4.68 Å². The molecule has 0 saturated carbocycles. The second-order valence-corrected chi connectivity index (χ2v) is 3.19. The molecule has 3 rings (SSSR count). The van der Waals surface area contributed by atoms with E-state index in [4.69, 9.17) is 0 Å². The molecule has 64 valence electrons. The Bertz CT molecular complexity index is 460. The molecule has 4 nitrogen and oxygen atoms in total. The maximum atomic E-state index is 4.24. The van der Waals surface area contributed by atoms with Crippen LogP contribution in [0, 0.1) is 0 Å². The number of hydrogen-bond acceptors (Lipinski definition) is 2. The van der Waals surface area contributed by atoms with Crippen molar-refractivity contribution in [3.05, 3.63) is 36.4 Å². The number of pyridine rings is 1. The van der Waals surface area contributed by atoms with Gasteiger partial charge in [0.05, 0.1) is 0 Å². The van der Waals surface area contributed by atoms with E-state index in [1.165, 1.54) is 11.3 Å². The van der Waals surface area contributed by atoms with Crippen LogP contribution in [0.1, 0.15) is 18.5 Å². The van der Waals surface area contributed by atoms with Crippen molar-refractivity contribution in [1.29, 1.82) is 0 Å². The fourth-order valence-corrected chi connectivity index (χ4v) is 1.82. The predicted molar refractivity (Wildman–Crippen MR) is 45.4 cm³/mol. The van der Waals surface area contributed by atoms with Gasteiger partial charge in [0.1, 0.15) is 6.04 Å². The third-order valence-electron chi connectivity index (χ3n) is 2.48. The van der Waals surface area contributed by atoms with Gasteiger partial charge in [-0.25, -0.2) is 0 Å². The number of aromatic nitrogens is 4. The van der Waals surface area contributed by atoms with Crippen molar-refractivity contribution in [2.75, 3.05) is 0 Å². The van der Waals surface area contributed by atoms with Crippen LogP contribution < -0.4 is 4.68 Å². The van der Waals surface area contributed by atoms with E-state index in [0.717, 1.165) is 0 Å². The van der Waals surface area contributed by atoms with Crippen molar-refractivity contribution in [2.45, 2.75) is 13.0 Å². The molecule has 0 bridgehead atoms. The van der Waals surface area contributed by atoms with Crippen LogP contribution in [0.15, 0.2) is 30.9 Å². The molecular formula is C9H9N4+. The van der Waals surface area contributed by atoms with E-state index < -0.39 is 0 Å². The van der Waals surface area contributed by atoms with E-state index in [-0.39, 0.29) is 0 Å². The summed E-state index contributed by atoms with van der Waals surface area (Å²) < 4.78 is 2.04. The Morgan fingerprint density at radius 2 is 2.38 bits per heavy atom. The average Bonchev–Trinajstić information content (AvgIpc) is 2.72. The van der Waals surface area contributed by atoms with E-state index >= 15 is 0 Å². The zero-order valence-corrected chi connectivity index (χ0v) is 7.25. The van der Waals surface area contributed by atoms with Gasteiger partial charge >= 0.3 is 0 Å². The van der Waals surface area contributed by atoms with Crippen molar-refractivity contribution in [1.82, 2.24) is 14.9 Å². The molecule has 13 heavy (non-hydrogen) atoms. The first-order valence-corrected chi connectivity index (χ1v) is 4.27. The highest BCUT2D eigenvalue weighted by Gasteiger charge is 2.31. The molecule has 0 spiro atoms. The van der Waals surface area contributed by atoms with Crippen molar-refractivity contribution in [3.63, 3.8) is 0 Å². The van der Waals surface area contributed by atoms with Crippen LogP contribution >= 0.6 is 0 Å². The van der Waals surface area contributed by atoms with Crippen LogP contribution in [-0.2, 0) is 0 Å². The highest BCUT2D eigenvalue weighted by molar-refractivity contribution is 5.34. The van der Waals surface area contributed by atoms with E-state index in [1.807, 2.05) is 27.9 Å². The van der Waals surface area contributed by atoms with Gasteiger partial charge in [-0.3, -0.25) is 4.98 Å². The second kappa shape index (κ2) is 2.16. The molecule has 3 heterocycles. The quantitative estimate of drug-likeness (QED) is 0.543. The van der Waals surface area contributed by atoms with Gasteiger partial charge in [-0.1, -0.05) is 0 Å². The van der Waals surface area contributed by atoms with Crippen LogP contribution in [0.3, 0.4) is 0 Å². The number of rotatable bonds is 0. The summed E-state index contributed by atoms with van der Waals surface area (Å²) in [6, 6.07) is 2.30. The van der Waals surface area contributed by atoms with Gasteiger partial charge in [-0.15, -0.1) is 4.68 Å². The van der Waals surface area contributed by atoms with Crippen LogP contribution in [-0.4, -0.2) is 14.9 Å². The first kappa shape index (κ1) is 6.77. The lowest BCUT2D eigenvalue weighted by molar-refractivity contribution is -0.682. The lowest BCUT2D eigenvalue weighted by atomic mass is 10.1. The molecule has 0 aromatic carbocycles. The highest BCUT2D eigenvalue weighted by atomic mass is 15.6. The third-order valence-corrected chi connectivity index (χ3v) is 2.48. The van der Waals surface area contributed by atoms with Crippen molar-refractivity contribution in [2.24, 2.45) is 0 Å². The van der Waals surface area contributed by atoms with Crippen LogP contribution in [0.4, 0.5) is 0 Å². The van der Waals surface area contributed by atoms with Gasteiger partial charge in [0, 0.05) is 29.1 Å². The minimum Gasteiger partial charge on any atom is -0.264 e. The van der Waals surface area contributed by atoms with Gasteiger partial charge in [0.2, 0.25) is 6.20 Å². The summed E-state index contributed by atoms with van der Waals surface area (Å²) in [6.45, 7) is 2.12. The van der Waals surface area contributed by atoms with Gasteiger partial charge in [0.15, 0.2) is 11.9 Å². The number of fused-ring (bicyclic) bond motifs is 3.